The van der Waals surface area contributed by atoms with Gasteiger partial charge in [0, 0.05) is 5.54 Å². The van der Waals surface area contributed by atoms with Crippen LogP contribution in [0.15, 0.2) is 0 Å². The van der Waals surface area contributed by atoms with Crippen LogP contribution in [0.25, 0.3) is 0 Å². The van der Waals surface area contributed by atoms with Crippen molar-refractivity contribution in [3.05, 3.63) is 0 Å². The van der Waals surface area contributed by atoms with Crippen LogP contribution in [0.1, 0.15) is 19.3 Å². The minimum Gasteiger partial charge on any atom is -0.391 e. The number of aliphatic hydroxyl groups is 1. The molecule has 0 aromatic heterocycles. The van der Waals surface area contributed by atoms with Gasteiger partial charge in [-0.1, -0.05) is 0 Å². The Labute approximate surface area is 79.3 Å². The van der Waals surface area contributed by atoms with Gasteiger partial charge in [0.05, 0.1) is 6.10 Å². The van der Waals surface area contributed by atoms with Crippen molar-refractivity contribution in [2.75, 3.05) is 19.6 Å². The van der Waals surface area contributed by atoms with Gasteiger partial charge in [0.2, 0.25) is 0 Å². The lowest BCUT2D eigenvalue weighted by molar-refractivity contribution is 0.0753. The van der Waals surface area contributed by atoms with Gasteiger partial charge in [0.15, 0.2) is 0 Å². The Bertz CT molecular complexity index is 148. The van der Waals surface area contributed by atoms with Gasteiger partial charge in [-0.05, 0) is 38.9 Å². The van der Waals surface area contributed by atoms with Crippen LogP contribution in [0.4, 0.5) is 0 Å². The molecule has 72 valence electrons. The van der Waals surface area contributed by atoms with Crippen molar-refractivity contribution in [2.24, 2.45) is 0 Å². The molecule has 2 aliphatic heterocycles. The smallest absolute Gasteiger partial charge is 0.0734 e. The van der Waals surface area contributed by atoms with E-state index in [-0.39, 0.29) is 24.0 Å². The van der Waals surface area contributed by atoms with Crippen molar-refractivity contribution >= 4 is 12.4 Å². The summed E-state index contributed by atoms with van der Waals surface area (Å²) in [6.45, 7) is 3.08. The van der Waals surface area contributed by atoms with Crippen LogP contribution in [-0.2, 0) is 0 Å². The van der Waals surface area contributed by atoms with E-state index in [2.05, 4.69) is 10.6 Å². The summed E-state index contributed by atoms with van der Waals surface area (Å²) in [5.74, 6) is 0. The van der Waals surface area contributed by atoms with E-state index in [1.165, 1.54) is 0 Å². The standard InChI is InChI=1S/C8H16N2O.ClH/c11-7-1-4-10-8(7)2-5-9-6-3-8;/h7,9-11H,1-6H2;1H. The lowest BCUT2D eigenvalue weighted by atomic mass is 9.85. The third-order valence-electron chi connectivity index (χ3n) is 3.03. The van der Waals surface area contributed by atoms with Gasteiger partial charge in [0.25, 0.3) is 0 Å². The summed E-state index contributed by atoms with van der Waals surface area (Å²) in [5.41, 5.74) is 0.0747. The molecule has 2 heterocycles. The van der Waals surface area contributed by atoms with E-state index in [0.29, 0.717) is 0 Å². The average molecular weight is 193 g/mol. The molecule has 2 aliphatic rings. The Balaban J connectivity index is 0.000000720. The first kappa shape index (κ1) is 10.3. The van der Waals surface area contributed by atoms with Crippen molar-refractivity contribution in [1.82, 2.24) is 10.6 Å². The first-order valence-electron chi connectivity index (χ1n) is 4.47. The number of piperidine rings is 1. The molecular formula is C8H17ClN2O. The number of nitrogens with one attached hydrogen (secondary N) is 2. The van der Waals surface area contributed by atoms with E-state index in [4.69, 9.17) is 0 Å². The van der Waals surface area contributed by atoms with Gasteiger partial charge in [-0.25, -0.2) is 0 Å². The fourth-order valence-corrected chi connectivity index (χ4v) is 2.23. The molecule has 0 bridgehead atoms. The van der Waals surface area contributed by atoms with E-state index in [0.717, 1.165) is 38.9 Å². The minimum absolute atomic E-state index is 0. The number of halogens is 1. The second-order valence-electron chi connectivity index (χ2n) is 3.64. The highest BCUT2D eigenvalue weighted by Gasteiger charge is 2.41. The third-order valence-corrected chi connectivity index (χ3v) is 3.03. The molecule has 0 radical (unpaired) electrons. The van der Waals surface area contributed by atoms with E-state index in [9.17, 15) is 5.11 Å². The molecule has 2 saturated heterocycles. The van der Waals surface area contributed by atoms with Crippen LogP contribution in [0.5, 0.6) is 0 Å². The molecule has 12 heavy (non-hydrogen) atoms. The molecule has 0 aromatic carbocycles. The SMILES string of the molecule is Cl.OC1CCNC12CCNCC2. The summed E-state index contributed by atoms with van der Waals surface area (Å²) in [6, 6.07) is 0. The molecule has 3 N–H and O–H groups in total. The largest absolute Gasteiger partial charge is 0.391 e. The van der Waals surface area contributed by atoms with Crippen LogP contribution in [0, 0.1) is 0 Å². The van der Waals surface area contributed by atoms with Crippen LogP contribution in [-0.4, -0.2) is 36.4 Å². The van der Waals surface area contributed by atoms with Crippen molar-refractivity contribution in [2.45, 2.75) is 30.9 Å². The predicted octanol–water partition coefficient (Wildman–Crippen LogP) is -0.115. The van der Waals surface area contributed by atoms with Gasteiger partial charge in [0.1, 0.15) is 0 Å². The Hall–Kier alpha value is 0.170. The topological polar surface area (TPSA) is 44.3 Å². The summed E-state index contributed by atoms with van der Waals surface area (Å²) in [7, 11) is 0. The molecule has 1 atom stereocenters. The van der Waals surface area contributed by atoms with Crippen molar-refractivity contribution in [3.8, 4) is 0 Å². The predicted molar refractivity (Wildman–Crippen MR) is 50.7 cm³/mol. The Kier molecular flexibility index (Phi) is 3.35. The van der Waals surface area contributed by atoms with Crippen LogP contribution >= 0.6 is 12.4 Å². The Morgan fingerprint density at radius 2 is 1.83 bits per heavy atom. The lowest BCUT2D eigenvalue weighted by Gasteiger charge is -2.36. The fraction of sp³-hybridized carbons (Fsp3) is 1.00. The third kappa shape index (κ3) is 1.59. The molecule has 0 saturated carbocycles. The van der Waals surface area contributed by atoms with Gasteiger partial charge in [-0.2, -0.15) is 0 Å². The molecule has 0 aromatic rings. The second-order valence-corrected chi connectivity index (χ2v) is 3.64. The molecule has 2 rings (SSSR count). The maximum atomic E-state index is 9.71. The summed E-state index contributed by atoms with van der Waals surface area (Å²) >= 11 is 0. The number of aliphatic hydroxyl groups excluding tert-OH is 1. The zero-order chi connectivity index (χ0) is 7.73. The molecular weight excluding hydrogens is 176 g/mol. The van der Waals surface area contributed by atoms with Crippen LogP contribution in [0.3, 0.4) is 0 Å². The summed E-state index contributed by atoms with van der Waals surface area (Å²) in [4.78, 5) is 0. The number of hydrogen-bond donors (Lipinski definition) is 3. The van der Waals surface area contributed by atoms with Gasteiger partial charge in [-0.15, -0.1) is 12.4 Å². The minimum atomic E-state index is -0.107. The zero-order valence-electron chi connectivity index (χ0n) is 7.18. The fourth-order valence-electron chi connectivity index (χ4n) is 2.23. The van der Waals surface area contributed by atoms with Crippen LogP contribution < -0.4 is 10.6 Å². The second kappa shape index (κ2) is 3.92. The average Bonchev–Trinajstić information content (AvgIpc) is 2.36. The first-order chi connectivity index (χ1) is 5.33. The van der Waals surface area contributed by atoms with E-state index >= 15 is 0 Å². The quantitative estimate of drug-likeness (QED) is 0.502. The maximum absolute atomic E-state index is 9.71. The van der Waals surface area contributed by atoms with Gasteiger partial charge in [-0.3, -0.25) is 0 Å². The van der Waals surface area contributed by atoms with E-state index in [1.807, 2.05) is 0 Å². The lowest BCUT2D eigenvalue weighted by Crippen LogP contribution is -2.54. The number of rotatable bonds is 0. The highest BCUT2D eigenvalue weighted by molar-refractivity contribution is 5.85. The monoisotopic (exact) mass is 192 g/mol. The summed E-state index contributed by atoms with van der Waals surface area (Å²) in [6.07, 6.45) is 2.98. The Morgan fingerprint density at radius 1 is 1.17 bits per heavy atom. The van der Waals surface area contributed by atoms with Crippen molar-refractivity contribution in [3.63, 3.8) is 0 Å². The normalized spacial score (nSPS) is 33.2. The highest BCUT2D eigenvalue weighted by Crippen LogP contribution is 2.28. The maximum Gasteiger partial charge on any atom is 0.0734 e. The van der Waals surface area contributed by atoms with E-state index < -0.39 is 0 Å². The molecule has 3 nitrogen and oxygen atoms in total. The van der Waals surface area contributed by atoms with Crippen molar-refractivity contribution < 1.29 is 5.11 Å². The molecule has 4 heteroatoms. The van der Waals surface area contributed by atoms with Crippen molar-refractivity contribution in [1.29, 1.82) is 0 Å². The van der Waals surface area contributed by atoms with Gasteiger partial charge < -0.3 is 15.7 Å². The Morgan fingerprint density at radius 3 is 2.33 bits per heavy atom. The van der Waals surface area contributed by atoms with E-state index in [1.54, 1.807) is 0 Å². The molecule has 1 unspecified atom stereocenters. The molecule has 0 amide bonds. The zero-order valence-corrected chi connectivity index (χ0v) is 7.99. The summed E-state index contributed by atoms with van der Waals surface area (Å²) in [5, 5.41) is 16.5. The molecule has 0 aliphatic carbocycles. The highest BCUT2D eigenvalue weighted by atomic mass is 35.5. The van der Waals surface area contributed by atoms with Gasteiger partial charge >= 0.3 is 0 Å². The number of hydrogen-bond acceptors (Lipinski definition) is 3. The van der Waals surface area contributed by atoms with Crippen LogP contribution in [0.2, 0.25) is 0 Å². The summed E-state index contributed by atoms with van der Waals surface area (Å²) < 4.78 is 0. The molecule has 1 spiro atoms. The first-order valence-corrected chi connectivity index (χ1v) is 4.47. The molecule has 2 fully saturated rings.